The van der Waals surface area contributed by atoms with Crippen LogP contribution in [0.5, 0.6) is 0 Å². The van der Waals surface area contributed by atoms with E-state index in [4.69, 9.17) is 0 Å². The van der Waals surface area contributed by atoms with Crippen molar-refractivity contribution < 1.29 is 13.2 Å². The molecule has 0 saturated heterocycles. The average Bonchev–Trinajstić information content (AvgIpc) is 2.62. The summed E-state index contributed by atoms with van der Waals surface area (Å²) in [5, 5.41) is 2.81. The van der Waals surface area contributed by atoms with Crippen LogP contribution < -0.4 is 5.32 Å². The van der Waals surface area contributed by atoms with Crippen molar-refractivity contribution in [2.45, 2.75) is 44.4 Å². The number of hydrogen-bond acceptors (Lipinski definition) is 3. The lowest BCUT2D eigenvalue weighted by atomic mass is 10.1. The van der Waals surface area contributed by atoms with Crippen LogP contribution in [0, 0.1) is 13.8 Å². The van der Waals surface area contributed by atoms with Gasteiger partial charge in [0, 0.05) is 13.0 Å². The maximum absolute atomic E-state index is 12.2. The lowest BCUT2D eigenvalue weighted by molar-refractivity contribution is -0.120. The number of amides is 1. The summed E-state index contributed by atoms with van der Waals surface area (Å²) in [4.78, 5) is 12.1. The van der Waals surface area contributed by atoms with E-state index < -0.39 is 9.84 Å². The number of aryl methyl sites for hydroxylation is 3. The lowest BCUT2D eigenvalue weighted by Crippen LogP contribution is -2.26. The average molecular weight is 374 g/mol. The van der Waals surface area contributed by atoms with Gasteiger partial charge in [-0.3, -0.25) is 4.79 Å². The summed E-state index contributed by atoms with van der Waals surface area (Å²) in [7, 11) is -3.41. The monoisotopic (exact) mass is 373 g/mol. The predicted molar refractivity (Wildman–Crippen MR) is 105 cm³/mol. The highest BCUT2D eigenvalue weighted by atomic mass is 32.2. The first-order valence-electron chi connectivity index (χ1n) is 8.98. The summed E-state index contributed by atoms with van der Waals surface area (Å²) >= 11 is 0. The highest BCUT2D eigenvalue weighted by Crippen LogP contribution is 2.13. The molecule has 0 atom stereocenters. The van der Waals surface area contributed by atoms with Crippen LogP contribution in [0.15, 0.2) is 53.4 Å². The maximum atomic E-state index is 12.2. The Morgan fingerprint density at radius 1 is 0.885 bits per heavy atom. The zero-order valence-electron chi connectivity index (χ0n) is 15.5. The van der Waals surface area contributed by atoms with Crippen LogP contribution >= 0.6 is 0 Å². The van der Waals surface area contributed by atoms with Crippen molar-refractivity contribution in [2.24, 2.45) is 0 Å². The van der Waals surface area contributed by atoms with Gasteiger partial charge in [0.1, 0.15) is 0 Å². The molecule has 0 spiro atoms. The molecule has 0 fully saturated rings. The molecule has 26 heavy (non-hydrogen) atoms. The van der Waals surface area contributed by atoms with E-state index in [1.807, 2.05) is 6.92 Å². The second-order valence-corrected chi connectivity index (χ2v) is 8.78. The third-order valence-corrected chi connectivity index (χ3v) is 6.04. The second kappa shape index (κ2) is 9.53. The molecule has 0 radical (unpaired) electrons. The number of rotatable bonds is 9. The van der Waals surface area contributed by atoms with Crippen molar-refractivity contribution in [1.82, 2.24) is 5.32 Å². The van der Waals surface area contributed by atoms with Crippen molar-refractivity contribution in [2.75, 3.05) is 12.3 Å². The number of unbranched alkanes of at least 4 members (excludes halogenated alkanes) is 1. The number of nitrogens with one attached hydrogen (secondary N) is 1. The van der Waals surface area contributed by atoms with Gasteiger partial charge in [-0.05, 0) is 50.8 Å². The van der Waals surface area contributed by atoms with Gasteiger partial charge >= 0.3 is 0 Å². The van der Waals surface area contributed by atoms with E-state index in [0.717, 1.165) is 24.8 Å². The summed E-state index contributed by atoms with van der Waals surface area (Å²) in [5.41, 5.74) is 3.56. The SMILES string of the molecule is Cc1ccc(CCCCNC(=O)CCS(=O)(=O)c2ccc(C)cc2)cc1. The Hall–Kier alpha value is -2.14. The fourth-order valence-electron chi connectivity index (χ4n) is 2.62. The summed E-state index contributed by atoms with van der Waals surface area (Å²) in [6, 6.07) is 15.2. The van der Waals surface area contributed by atoms with E-state index in [0.29, 0.717) is 6.54 Å². The van der Waals surface area contributed by atoms with Gasteiger partial charge in [0.2, 0.25) is 5.91 Å². The Kier molecular flexibility index (Phi) is 7.39. The minimum atomic E-state index is -3.41. The molecule has 2 rings (SSSR count). The van der Waals surface area contributed by atoms with Crippen molar-refractivity contribution in [1.29, 1.82) is 0 Å². The van der Waals surface area contributed by atoms with Gasteiger partial charge in [0.05, 0.1) is 10.6 Å². The fourth-order valence-corrected chi connectivity index (χ4v) is 3.86. The smallest absolute Gasteiger partial charge is 0.221 e. The molecule has 5 heteroatoms. The van der Waals surface area contributed by atoms with Crippen molar-refractivity contribution in [3.8, 4) is 0 Å². The van der Waals surface area contributed by atoms with Crippen LogP contribution in [0.3, 0.4) is 0 Å². The molecule has 0 aliphatic rings. The zero-order valence-corrected chi connectivity index (χ0v) is 16.3. The largest absolute Gasteiger partial charge is 0.356 e. The summed E-state index contributed by atoms with van der Waals surface area (Å²) in [6.07, 6.45) is 2.85. The van der Waals surface area contributed by atoms with Crippen molar-refractivity contribution in [3.63, 3.8) is 0 Å². The molecule has 0 aliphatic heterocycles. The standard InChI is InChI=1S/C21H27NO3S/c1-17-6-10-19(11-7-17)5-3-4-15-22-21(23)14-16-26(24,25)20-12-8-18(2)9-13-20/h6-13H,3-5,14-16H2,1-2H3,(H,22,23). The summed E-state index contributed by atoms with van der Waals surface area (Å²) in [6.45, 7) is 4.55. The van der Waals surface area contributed by atoms with Crippen LogP contribution in [0.25, 0.3) is 0 Å². The van der Waals surface area contributed by atoms with E-state index in [1.54, 1.807) is 24.3 Å². The van der Waals surface area contributed by atoms with Crippen LogP contribution in [0.2, 0.25) is 0 Å². The molecule has 2 aromatic rings. The number of carbonyl (C=O) groups is 1. The van der Waals surface area contributed by atoms with E-state index in [-0.39, 0.29) is 23.0 Å². The Labute approximate surface area is 156 Å². The normalized spacial score (nSPS) is 11.3. The summed E-state index contributed by atoms with van der Waals surface area (Å²) < 4.78 is 24.5. The van der Waals surface area contributed by atoms with Gasteiger partial charge in [-0.15, -0.1) is 0 Å². The number of hydrogen-bond donors (Lipinski definition) is 1. The first-order valence-corrected chi connectivity index (χ1v) is 10.6. The Morgan fingerprint density at radius 2 is 1.46 bits per heavy atom. The minimum Gasteiger partial charge on any atom is -0.356 e. The molecule has 2 aromatic carbocycles. The Balaban J connectivity index is 1.65. The Bertz CT molecular complexity index is 809. The Morgan fingerprint density at radius 3 is 2.08 bits per heavy atom. The molecule has 4 nitrogen and oxygen atoms in total. The number of carbonyl (C=O) groups excluding carboxylic acids is 1. The first kappa shape index (κ1) is 20.2. The molecule has 0 aliphatic carbocycles. The van der Waals surface area contributed by atoms with Gasteiger partial charge in [0.15, 0.2) is 9.84 Å². The molecule has 0 unspecified atom stereocenters. The van der Waals surface area contributed by atoms with Crippen molar-refractivity contribution >= 4 is 15.7 Å². The van der Waals surface area contributed by atoms with Gasteiger partial charge < -0.3 is 5.32 Å². The van der Waals surface area contributed by atoms with Crippen LogP contribution in [-0.2, 0) is 21.1 Å². The van der Waals surface area contributed by atoms with E-state index >= 15 is 0 Å². The fraction of sp³-hybridized carbons (Fsp3) is 0.381. The number of benzene rings is 2. The van der Waals surface area contributed by atoms with Gasteiger partial charge in [0.25, 0.3) is 0 Å². The molecule has 0 heterocycles. The van der Waals surface area contributed by atoms with E-state index in [9.17, 15) is 13.2 Å². The van der Waals surface area contributed by atoms with Gasteiger partial charge in [-0.25, -0.2) is 8.42 Å². The molecule has 1 amide bonds. The molecule has 140 valence electrons. The van der Waals surface area contributed by atoms with Gasteiger partial charge in [-0.2, -0.15) is 0 Å². The van der Waals surface area contributed by atoms with Crippen molar-refractivity contribution in [3.05, 3.63) is 65.2 Å². The third kappa shape index (κ3) is 6.64. The highest BCUT2D eigenvalue weighted by molar-refractivity contribution is 7.91. The molecule has 0 saturated carbocycles. The molecule has 1 N–H and O–H groups in total. The van der Waals surface area contributed by atoms with Crippen LogP contribution in [-0.4, -0.2) is 26.6 Å². The van der Waals surface area contributed by atoms with E-state index in [1.165, 1.54) is 11.1 Å². The van der Waals surface area contributed by atoms with Crippen LogP contribution in [0.1, 0.15) is 36.0 Å². The third-order valence-electron chi connectivity index (χ3n) is 4.31. The molecular formula is C21H27NO3S. The van der Waals surface area contributed by atoms with E-state index in [2.05, 4.69) is 36.5 Å². The molecule has 0 aromatic heterocycles. The topological polar surface area (TPSA) is 63.2 Å². The second-order valence-electron chi connectivity index (χ2n) is 6.67. The lowest BCUT2D eigenvalue weighted by Gasteiger charge is -2.07. The quantitative estimate of drug-likeness (QED) is 0.683. The highest BCUT2D eigenvalue weighted by Gasteiger charge is 2.16. The number of sulfone groups is 1. The zero-order chi connectivity index (χ0) is 19.0. The molecular weight excluding hydrogens is 346 g/mol. The maximum Gasteiger partial charge on any atom is 0.221 e. The first-order chi connectivity index (χ1) is 12.4. The minimum absolute atomic E-state index is 0.00578. The molecule has 0 bridgehead atoms. The van der Waals surface area contributed by atoms with Gasteiger partial charge in [-0.1, -0.05) is 47.5 Å². The van der Waals surface area contributed by atoms with Crippen LogP contribution in [0.4, 0.5) is 0 Å². The summed E-state index contributed by atoms with van der Waals surface area (Å²) in [5.74, 6) is -0.373. The predicted octanol–water partition coefficient (Wildman–Crippen LogP) is 3.61.